The van der Waals surface area contributed by atoms with Gasteiger partial charge in [-0.3, -0.25) is 14.9 Å². The molecule has 2 unspecified atom stereocenters. The molecule has 3 rings (SSSR count). The number of furan rings is 1. The number of nitrogens with zero attached hydrogens (tertiary/aromatic N) is 1. The molecule has 1 saturated heterocycles. The minimum absolute atomic E-state index is 0.179. The molecule has 0 saturated carbocycles. The largest absolute Gasteiger partial charge is 0.433 e. The fourth-order valence-electron chi connectivity index (χ4n) is 2.94. The summed E-state index contributed by atoms with van der Waals surface area (Å²) < 4.78 is 31.5. The second-order valence-electron chi connectivity index (χ2n) is 5.75. The van der Waals surface area contributed by atoms with Crippen LogP contribution in [0.25, 0.3) is 0 Å². The van der Waals surface area contributed by atoms with Crippen LogP contribution in [0.1, 0.15) is 28.5 Å². The Morgan fingerprint density at radius 1 is 1.28 bits per heavy atom. The second-order valence-corrected chi connectivity index (χ2v) is 5.75. The summed E-state index contributed by atoms with van der Waals surface area (Å²) in [5.41, 5.74) is 0.580. The number of carbonyl (C=O) groups excluding carboxylic acids is 1. The zero-order valence-corrected chi connectivity index (χ0v) is 13.0. The van der Waals surface area contributed by atoms with Crippen LogP contribution in [-0.4, -0.2) is 30.0 Å². The van der Waals surface area contributed by atoms with Gasteiger partial charge in [-0.25, -0.2) is 8.78 Å². The van der Waals surface area contributed by atoms with E-state index in [9.17, 15) is 23.7 Å². The molecule has 0 bridgehead atoms. The normalized spacial score (nSPS) is 20.2. The third kappa shape index (κ3) is 3.66. The standard InChI is InChI=1S/C16H15F2N3O4/c17-11-2-1-9(7-12(11)18)10-5-6-19-8-13(10)20-16(22)14-3-4-15(25-14)21(23)24/h1-4,7,10,13,19H,5-6,8H2,(H,20,22). The molecule has 0 aliphatic carbocycles. The van der Waals surface area contributed by atoms with Gasteiger partial charge in [0.15, 0.2) is 17.4 Å². The maximum Gasteiger partial charge on any atom is 0.433 e. The summed E-state index contributed by atoms with van der Waals surface area (Å²) in [6.45, 7) is 1.10. The molecule has 2 aromatic rings. The quantitative estimate of drug-likeness (QED) is 0.651. The van der Waals surface area contributed by atoms with Crippen molar-refractivity contribution in [2.75, 3.05) is 13.1 Å². The van der Waals surface area contributed by atoms with Gasteiger partial charge in [0.25, 0.3) is 5.91 Å². The number of halogens is 2. The number of piperidine rings is 1. The van der Waals surface area contributed by atoms with Gasteiger partial charge >= 0.3 is 5.88 Å². The summed E-state index contributed by atoms with van der Waals surface area (Å²) in [5.74, 6) is -3.39. The van der Waals surface area contributed by atoms with Crippen LogP contribution in [0.3, 0.4) is 0 Å². The third-order valence-corrected chi connectivity index (χ3v) is 4.17. The van der Waals surface area contributed by atoms with Crippen molar-refractivity contribution < 1.29 is 22.9 Å². The van der Waals surface area contributed by atoms with Gasteiger partial charge in [-0.2, -0.15) is 0 Å². The second kappa shape index (κ2) is 6.98. The lowest BCUT2D eigenvalue weighted by Gasteiger charge is -2.33. The van der Waals surface area contributed by atoms with Crippen LogP contribution < -0.4 is 10.6 Å². The van der Waals surface area contributed by atoms with Crippen molar-refractivity contribution in [2.24, 2.45) is 0 Å². The molecule has 2 atom stereocenters. The Bertz CT molecular complexity index is 808. The van der Waals surface area contributed by atoms with Gasteiger partial charge in [0.2, 0.25) is 0 Å². The van der Waals surface area contributed by atoms with Gasteiger partial charge in [-0.15, -0.1) is 0 Å². The average Bonchev–Trinajstić information content (AvgIpc) is 3.08. The molecule has 132 valence electrons. The lowest BCUT2D eigenvalue weighted by Crippen LogP contribution is -2.50. The van der Waals surface area contributed by atoms with E-state index in [4.69, 9.17) is 4.42 Å². The van der Waals surface area contributed by atoms with Crippen molar-refractivity contribution in [3.05, 3.63) is 63.4 Å². The molecule has 1 fully saturated rings. The fourth-order valence-corrected chi connectivity index (χ4v) is 2.94. The van der Waals surface area contributed by atoms with Crippen molar-refractivity contribution in [1.82, 2.24) is 10.6 Å². The smallest absolute Gasteiger partial charge is 0.395 e. The van der Waals surface area contributed by atoms with Crippen LogP contribution in [0.4, 0.5) is 14.7 Å². The van der Waals surface area contributed by atoms with Crippen molar-refractivity contribution in [1.29, 1.82) is 0 Å². The molecule has 1 aliphatic heterocycles. The molecule has 1 aromatic heterocycles. The molecular weight excluding hydrogens is 336 g/mol. The maximum absolute atomic E-state index is 13.5. The van der Waals surface area contributed by atoms with E-state index in [0.717, 1.165) is 18.2 Å². The molecule has 1 aromatic carbocycles. The first-order valence-corrected chi connectivity index (χ1v) is 7.66. The molecule has 0 radical (unpaired) electrons. The minimum Gasteiger partial charge on any atom is -0.395 e. The van der Waals surface area contributed by atoms with E-state index >= 15 is 0 Å². The number of carbonyl (C=O) groups is 1. The Morgan fingerprint density at radius 2 is 2.08 bits per heavy atom. The number of nitrogens with one attached hydrogen (secondary N) is 2. The van der Waals surface area contributed by atoms with E-state index in [1.54, 1.807) is 0 Å². The molecule has 9 heteroatoms. The predicted octanol–water partition coefficient (Wildman–Crippen LogP) is 2.34. The number of hydrogen-bond donors (Lipinski definition) is 2. The maximum atomic E-state index is 13.5. The Morgan fingerprint density at radius 3 is 2.76 bits per heavy atom. The first-order chi connectivity index (χ1) is 12.0. The van der Waals surface area contributed by atoms with E-state index in [-0.39, 0.29) is 11.7 Å². The zero-order valence-electron chi connectivity index (χ0n) is 13.0. The van der Waals surface area contributed by atoms with Gasteiger partial charge in [0.1, 0.15) is 4.92 Å². The highest BCUT2D eigenvalue weighted by Crippen LogP contribution is 2.27. The first-order valence-electron chi connectivity index (χ1n) is 7.66. The summed E-state index contributed by atoms with van der Waals surface area (Å²) in [6.07, 6.45) is 0.619. The Kier molecular flexibility index (Phi) is 4.75. The van der Waals surface area contributed by atoms with Crippen molar-refractivity contribution in [3.8, 4) is 0 Å². The molecule has 2 heterocycles. The summed E-state index contributed by atoms with van der Waals surface area (Å²) in [4.78, 5) is 22.2. The summed E-state index contributed by atoms with van der Waals surface area (Å²) in [6, 6.07) is 5.60. The Labute approximate surface area is 141 Å². The monoisotopic (exact) mass is 351 g/mol. The van der Waals surface area contributed by atoms with Crippen molar-refractivity contribution in [2.45, 2.75) is 18.4 Å². The van der Waals surface area contributed by atoms with E-state index < -0.39 is 34.4 Å². The Balaban J connectivity index is 1.77. The van der Waals surface area contributed by atoms with Crippen molar-refractivity contribution in [3.63, 3.8) is 0 Å². The number of benzene rings is 1. The van der Waals surface area contributed by atoms with E-state index in [0.29, 0.717) is 25.1 Å². The molecule has 1 amide bonds. The molecule has 2 N–H and O–H groups in total. The number of amides is 1. The molecule has 0 spiro atoms. The minimum atomic E-state index is -0.942. The van der Waals surface area contributed by atoms with Gasteiger partial charge in [-0.05, 0) is 36.7 Å². The first kappa shape index (κ1) is 17.0. The predicted molar refractivity (Wildman–Crippen MR) is 83.2 cm³/mol. The highest BCUT2D eigenvalue weighted by molar-refractivity contribution is 5.92. The molecule has 1 aliphatic rings. The van der Waals surface area contributed by atoms with Crippen molar-refractivity contribution >= 4 is 11.8 Å². The van der Waals surface area contributed by atoms with Crippen LogP contribution in [-0.2, 0) is 0 Å². The van der Waals surface area contributed by atoms with Crippen LogP contribution in [0.5, 0.6) is 0 Å². The summed E-state index contributed by atoms with van der Waals surface area (Å²) in [7, 11) is 0. The van der Waals surface area contributed by atoms with E-state index in [1.165, 1.54) is 12.1 Å². The number of rotatable bonds is 4. The Hall–Kier alpha value is -2.81. The zero-order chi connectivity index (χ0) is 18.0. The van der Waals surface area contributed by atoms with Gasteiger partial charge < -0.3 is 15.1 Å². The molecular formula is C16H15F2N3O4. The topological polar surface area (TPSA) is 97.4 Å². The van der Waals surface area contributed by atoms with Crippen LogP contribution in [0, 0.1) is 21.7 Å². The average molecular weight is 351 g/mol. The van der Waals surface area contributed by atoms with Crippen LogP contribution >= 0.6 is 0 Å². The van der Waals surface area contributed by atoms with Gasteiger partial charge in [0, 0.05) is 18.5 Å². The number of hydrogen-bond acceptors (Lipinski definition) is 5. The van der Waals surface area contributed by atoms with Gasteiger partial charge in [-0.1, -0.05) is 6.07 Å². The van der Waals surface area contributed by atoms with Crippen LogP contribution in [0.15, 0.2) is 34.7 Å². The van der Waals surface area contributed by atoms with Gasteiger partial charge in [0.05, 0.1) is 6.07 Å². The molecule has 25 heavy (non-hydrogen) atoms. The summed E-state index contributed by atoms with van der Waals surface area (Å²) >= 11 is 0. The molecule has 7 nitrogen and oxygen atoms in total. The number of nitro groups is 1. The van der Waals surface area contributed by atoms with E-state index in [1.807, 2.05) is 0 Å². The lowest BCUT2D eigenvalue weighted by molar-refractivity contribution is -0.402. The lowest BCUT2D eigenvalue weighted by atomic mass is 9.86. The van der Waals surface area contributed by atoms with Crippen LogP contribution in [0.2, 0.25) is 0 Å². The highest BCUT2D eigenvalue weighted by atomic mass is 19.2. The SMILES string of the molecule is O=C(NC1CNCCC1c1ccc(F)c(F)c1)c1ccc([N+](=O)[O-])o1. The third-order valence-electron chi connectivity index (χ3n) is 4.17. The summed E-state index contributed by atoms with van der Waals surface area (Å²) in [5, 5.41) is 16.5. The highest BCUT2D eigenvalue weighted by Gasteiger charge is 2.29. The fraction of sp³-hybridized carbons (Fsp3) is 0.312. The van der Waals surface area contributed by atoms with E-state index in [2.05, 4.69) is 10.6 Å².